The summed E-state index contributed by atoms with van der Waals surface area (Å²) < 4.78 is 0. The molecule has 2 atom stereocenters. The van der Waals surface area contributed by atoms with Crippen molar-refractivity contribution in [2.24, 2.45) is 11.7 Å². The van der Waals surface area contributed by atoms with Gasteiger partial charge in [-0.05, 0) is 43.5 Å². The molecule has 1 aromatic carbocycles. The Labute approximate surface area is 130 Å². The predicted molar refractivity (Wildman–Crippen MR) is 83.4 cm³/mol. The summed E-state index contributed by atoms with van der Waals surface area (Å²) in [6.07, 6.45) is 4.42. The van der Waals surface area contributed by atoms with Gasteiger partial charge in [-0.2, -0.15) is 0 Å². The number of amides is 1. The van der Waals surface area contributed by atoms with Crippen LogP contribution >= 0.6 is 23.2 Å². The largest absolute Gasteiger partial charge is 0.338 e. The van der Waals surface area contributed by atoms with Gasteiger partial charge in [-0.1, -0.05) is 36.0 Å². The van der Waals surface area contributed by atoms with Gasteiger partial charge in [-0.25, -0.2) is 0 Å². The molecular formula is C15H20Cl2N2O. The lowest BCUT2D eigenvalue weighted by molar-refractivity contribution is 0.0620. The summed E-state index contributed by atoms with van der Waals surface area (Å²) in [5.41, 5.74) is 6.30. The van der Waals surface area contributed by atoms with Crippen molar-refractivity contribution >= 4 is 29.1 Å². The quantitative estimate of drug-likeness (QED) is 0.926. The molecule has 0 heterocycles. The van der Waals surface area contributed by atoms with E-state index in [1.165, 1.54) is 6.42 Å². The molecule has 20 heavy (non-hydrogen) atoms. The lowest BCUT2D eigenvalue weighted by atomic mass is 9.83. The molecule has 2 rings (SSSR count). The van der Waals surface area contributed by atoms with Gasteiger partial charge in [0.1, 0.15) is 0 Å². The number of rotatable bonds is 3. The molecule has 1 saturated carbocycles. The zero-order valence-electron chi connectivity index (χ0n) is 11.6. The zero-order chi connectivity index (χ0) is 14.7. The Morgan fingerprint density at radius 2 is 2.05 bits per heavy atom. The second kappa shape index (κ2) is 6.79. The van der Waals surface area contributed by atoms with Crippen molar-refractivity contribution < 1.29 is 4.79 Å². The fourth-order valence-electron chi connectivity index (χ4n) is 2.97. The first-order valence-electron chi connectivity index (χ1n) is 6.97. The lowest BCUT2D eigenvalue weighted by Gasteiger charge is -2.37. The van der Waals surface area contributed by atoms with Gasteiger partial charge in [-0.15, -0.1) is 0 Å². The summed E-state index contributed by atoms with van der Waals surface area (Å²) in [7, 11) is 1.83. The fraction of sp³-hybridized carbons (Fsp3) is 0.533. The number of hydrogen-bond acceptors (Lipinski definition) is 2. The van der Waals surface area contributed by atoms with E-state index in [1.807, 2.05) is 7.05 Å². The minimum Gasteiger partial charge on any atom is -0.338 e. The van der Waals surface area contributed by atoms with Gasteiger partial charge >= 0.3 is 0 Å². The monoisotopic (exact) mass is 314 g/mol. The van der Waals surface area contributed by atoms with Crippen molar-refractivity contribution in [2.75, 3.05) is 13.6 Å². The van der Waals surface area contributed by atoms with Crippen molar-refractivity contribution in [3.8, 4) is 0 Å². The van der Waals surface area contributed by atoms with Gasteiger partial charge < -0.3 is 10.6 Å². The first-order valence-corrected chi connectivity index (χ1v) is 7.72. The first kappa shape index (κ1) is 15.6. The topological polar surface area (TPSA) is 46.3 Å². The predicted octanol–water partition coefficient (Wildman–Crippen LogP) is 3.58. The standard InChI is InChI=1S/C15H20Cl2N2O/c1-19(14-5-3-2-4-10(14)9-18)15(20)12-8-11(16)6-7-13(12)17/h6-8,10,14H,2-5,9,18H2,1H3. The summed E-state index contributed by atoms with van der Waals surface area (Å²) in [6.45, 7) is 0.617. The van der Waals surface area contributed by atoms with Gasteiger partial charge in [0, 0.05) is 18.1 Å². The smallest absolute Gasteiger partial charge is 0.255 e. The van der Waals surface area contributed by atoms with Gasteiger partial charge in [0.15, 0.2) is 0 Å². The highest BCUT2D eigenvalue weighted by atomic mass is 35.5. The Morgan fingerprint density at radius 1 is 1.35 bits per heavy atom. The third-order valence-corrected chi connectivity index (χ3v) is 4.71. The summed E-state index contributed by atoms with van der Waals surface area (Å²) in [6, 6.07) is 5.16. The zero-order valence-corrected chi connectivity index (χ0v) is 13.1. The van der Waals surface area contributed by atoms with E-state index in [4.69, 9.17) is 28.9 Å². The average molecular weight is 315 g/mol. The van der Waals surface area contributed by atoms with Crippen LogP contribution in [0.1, 0.15) is 36.0 Å². The van der Waals surface area contributed by atoms with E-state index in [9.17, 15) is 4.79 Å². The van der Waals surface area contributed by atoms with Crippen LogP contribution in [-0.2, 0) is 0 Å². The molecule has 1 aliphatic rings. The van der Waals surface area contributed by atoms with Gasteiger partial charge in [-0.3, -0.25) is 4.79 Å². The molecule has 5 heteroatoms. The van der Waals surface area contributed by atoms with Gasteiger partial charge in [0.25, 0.3) is 5.91 Å². The van der Waals surface area contributed by atoms with E-state index >= 15 is 0 Å². The van der Waals surface area contributed by atoms with E-state index in [-0.39, 0.29) is 11.9 Å². The van der Waals surface area contributed by atoms with E-state index in [1.54, 1.807) is 23.1 Å². The highest BCUT2D eigenvalue weighted by Crippen LogP contribution is 2.29. The number of nitrogens with zero attached hydrogens (tertiary/aromatic N) is 1. The Balaban J connectivity index is 2.21. The minimum absolute atomic E-state index is 0.0807. The van der Waals surface area contributed by atoms with Crippen molar-refractivity contribution in [1.82, 2.24) is 4.90 Å². The van der Waals surface area contributed by atoms with Crippen LogP contribution in [0.5, 0.6) is 0 Å². The Hall–Kier alpha value is -0.770. The van der Waals surface area contributed by atoms with Crippen molar-refractivity contribution in [3.05, 3.63) is 33.8 Å². The average Bonchev–Trinajstić information content (AvgIpc) is 2.48. The number of hydrogen-bond donors (Lipinski definition) is 1. The Kier molecular flexibility index (Phi) is 5.30. The lowest BCUT2D eigenvalue weighted by Crippen LogP contribution is -2.46. The number of carbonyl (C=O) groups excluding carboxylic acids is 1. The maximum absolute atomic E-state index is 12.6. The van der Waals surface area contributed by atoms with Crippen LogP contribution in [0.2, 0.25) is 10.0 Å². The molecule has 0 bridgehead atoms. The van der Waals surface area contributed by atoms with Crippen LogP contribution < -0.4 is 5.73 Å². The summed E-state index contributed by atoms with van der Waals surface area (Å²) >= 11 is 12.1. The normalized spacial score (nSPS) is 22.6. The first-order chi connectivity index (χ1) is 9.54. The molecule has 1 aliphatic carbocycles. The molecule has 1 amide bonds. The number of benzene rings is 1. The second-order valence-corrected chi connectivity index (χ2v) is 6.23. The SMILES string of the molecule is CN(C(=O)c1cc(Cl)ccc1Cl)C1CCCCC1CN. The number of carbonyl (C=O) groups is 1. The van der Waals surface area contributed by atoms with E-state index in [0.717, 1.165) is 19.3 Å². The molecule has 0 radical (unpaired) electrons. The molecule has 110 valence electrons. The van der Waals surface area contributed by atoms with E-state index in [0.29, 0.717) is 28.1 Å². The van der Waals surface area contributed by atoms with E-state index in [2.05, 4.69) is 0 Å². The maximum atomic E-state index is 12.6. The van der Waals surface area contributed by atoms with Crippen LogP contribution in [0.4, 0.5) is 0 Å². The van der Waals surface area contributed by atoms with E-state index < -0.39 is 0 Å². The molecular weight excluding hydrogens is 295 g/mol. The molecule has 0 spiro atoms. The van der Waals surface area contributed by atoms with Crippen LogP contribution in [0.25, 0.3) is 0 Å². The maximum Gasteiger partial charge on any atom is 0.255 e. The molecule has 0 saturated heterocycles. The summed E-state index contributed by atoms with van der Waals surface area (Å²) in [5.74, 6) is 0.290. The van der Waals surface area contributed by atoms with Crippen LogP contribution in [-0.4, -0.2) is 30.4 Å². The fourth-order valence-corrected chi connectivity index (χ4v) is 3.35. The molecule has 0 aromatic heterocycles. The van der Waals surface area contributed by atoms with Crippen LogP contribution in [0.3, 0.4) is 0 Å². The molecule has 2 N–H and O–H groups in total. The summed E-state index contributed by atoms with van der Waals surface area (Å²) in [5, 5.41) is 0.955. The number of halogens is 2. The van der Waals surface area contributed by atoms with Crippen molar-refractivity contribution in [3.63, 3.8) is 0 Å². The number of nitrogens with two attached hydrogens (primary N) is 1. The minimum atomic E-state index is -0.0807. The van der Waals surface area contributed by atoms with Crippen molar-refractivity contribution in [2.45, 2.75) is 31.7 Å². The molecule has 2 unspecified atom stereocenters. The van der Waals surface area contributed by atoms with Gasteiger partial charge in [0.05, 0.1) is 10.6 Å². The third kappa shape index (κ3) is 3.27. The van der Waals surface area contributed by atoms with Crippen molar-refractivity contribution in [1.29, 1.82) is 0 Å². The Morgan fingerprint density at radius 3 is 2.75 bits per heavy atom. The molecule has 1 aromatic rings. The highest BCUT2D eigenvalue weighted by Gasteiger charge is 2.30. The molecule has 3 nitrogen and oxygen atoms in total. The highest BCUT2D eigenvalue weighted by molar-refractivity contribution is 6.35. The molecule has 0 aliphatic heterocycles. The third-order valence-electron chi connectivity index (χ3n) is 4.15. The van der Waals surface area contributed by atoms with Gasteiger partial charge in [0.2, 0.25) is 0 Å². The van der Waals surface area contributed by atoms with Crippen LogP contribution in [0, 0.1) is 5.92 Å². The Bertz CT molecular complexity index is 493. The van der Waals surface area contributed by atoms with Crippen LogP contribution in [0.15, 0.2) is 18.2 Å². The molecule has 1 fully saturated rings. The second-order valence-electron chi connectivity index (χ2n) is 5.39. The summed E-state index contributed by atoms with van der Waals surface area (Å²) in [4.78, 5) is 14.4.